The third-order valence-electron chi connectivity index (χ3n) is 2.26. The minimum atomic E-state index is -0.757. The zero-order valence-corrected chi connectivity index (χ0v) is 11.4. The smallest absolute Gasteiger partial charge is 0.266 e. The summed E-state index contributed by atoms with van der Waals surface area (Å²) in [5, 5.41) is 6.95. The van der Waals surface area contributed by atoms with E-state index in [2.05, 4.69) is 15.0 Å². The Kier molecular flexibility index (Phi) is 4.29. The Bertz CT molecular complexity index is 572. The fourth-order valence-electron chi connectivity index (χ4n) is 1.32. The summed E-state index contributed by atoms with van der Waals surface area (Å²) in [5.41, 5.74) is 0. The average Bonchev–Trinajstić information content (AvgIpc) is 2.86. The van der Waals surface area contributed by atoms with Gasteiger partial charge in [-0.25, -0.2) is 0 Å². The molecule has 1 aromatic heterocycles. The Labute approximate surface area is 119 Å². The van der Waals surface area contributed by atoms with Crippen LogP contribution in [0.3, 0.4) is 0 Å². The average molecular weight is 301 g/mol. The van der Waals surface area contributed by atoms with E-state index in [4.69, 9.17) is 27.9 Å². The van der Waals surface area contributed by atoms with E-state index in [0.717, 1.165) is 0 Å². The highest BCUT2D eigenvalue weighted by atomic mass is 35.5. The van der Waals surface area contributed by atoms with Crippen LogP contribution in [0.5, 0.6) is 5.75 Å². The lowest BCUT2D eigenvalue weighted by molar-refractivity contribution is -0.122. The molecule has 1 heterocycles. The topological polar surface area (TPSA) is 64.4 Å². The number of carbonyl (C=O) groups is 1. The van der Waals surface area contributed by atoms with E-state index in [9.17, 15) is 4.79 Å². The van der Waals surface area contributed by atoms with Crippen molar-refractivity contribution in [3.8, 4) is 5.75 Å². The fraction of sp³-hybridized carbons (Fsp3) is 0.167. The molecule has 0 bridgehead atoms. The van der Waals surface area contributed by atoms with E-state index >= 15 is 0 Å². The largest absolute Gasteiger partial charge is 0.479 e. The molecule has 0 aliphatic heterocycles. The third-order valence-corrected chi connectivity index (χ3v) is 2.80. The monoisotopic (exact) mass is 300 g/mol. The van der Waals surface area contributed by atoms with E-state index in [0.29, 0.717) is 21.6 Å². The standard InChI is InChI=1S/C12H10Cl2N2O3/c1-7(12(17)15-11-4-5-18-16-11)19-10-6-8(13)2-3-9(10)14/h2-7H,1H3,(H,15,16,17). The number of anilines is 1. The molecule has 0 radical (unpaired) electrons. The van der Waals surface area contributed by atoms with Crippen LogP contribution < -0.4 is 10.1 Å². The molecular formula is C12H10Cl2N2O3. The summed E-state index contributed by atoms with van der Waals surface area (Å²) in [6.45, 7) is 1.59. The maximum absolute atomic E-state index is 11.8. The molecule has 1 atom stereocenters. The maximum atomic E-state index is 11.8. The number of amides is 1. The number of hydrogen-bond donors (Lipinski definition) is 1. The van der Waals surface area contributed by atoms with Gasteiger partial charge in [0.2, 0.25) is 0 Å². The summed E-state index contributed by atoms with van der Waals surface area (Å²) < 4.78 is 10.1. The third kappa shape index (κ3) is 3.62. The Morgan fingerprint density at radius 2 is 2.21 bits per heavy atom. The first kappa shape index (κ1) is 13.7. The highest BCUT2D eigenvalue weighted by molar-refractivity contribution is 6.34. The van der Waals surface area contributed by atoms with E-state index in [1.165, 1.54) is 12.3 Å². The predicted octanol–water partition coefficient (Wildman–Crippen LogP) is 3.39. The Morgan fingerprint density at radius 1 is 1.42 bits per heavy atom. The molecule has 0 aliphatic carbocycles. The number of rotatable bonds is 4. The lowest BCUT2D eigenvalue weighted by Gasteiger charge is -2.14. The molecule has 7 heteroatoms. The van der Waals surface area contributed by atoms with Gasteiger partial charge in [-0.3, -0.25) is 4.79 Å². The molecule has 1 amide bonds. The van der Waals surface area contributed by atoms with Crippen LogP contribution >= 0.6 is 23.2 Å². The van der Waals surface area contributed by atoms with Crippen LogP contribution in [0.25, 0.3) is 0 Å². The van der Waals surface area contributed by atoms with Crippen LogP contribution in [0, 0.1) is 0 Å². The molecule has 1 N–H and O–H groups in total. The van der Waals surface area contributed by atoms with Crippen LogP contribution in [0.4, 0.5) is 5.82 Å². The van der Waals surface area contributed by atoms with Gasteiger partial charge in [0.05, 0.1) is 5.02 Å². The highest BCUT2D eigenvalue weighted by Crippen LogP contribution is 2.28. The summed E-state index contributed by atoms with van der Waals surface area (Å²) in [4.78, 5) is 11.8. The van der Waals surface area contributed by atoms with Gasteiger partial charge < -0.3 is 14.6 Å². The zero-order valence-electron chi connectivity index (χ0n) is 9.89. The molecular weight excluding hydrogens is 291 g/mol. The summed E-state index contributed by atoms with van der Waals surface area (Å²) in [6.07, 6.45) is 0.599. The molecule has 0 saturated carbocycles. The van der Waals surface area contributed by atoms with Crippen molar-refractivity contribution in [2.75, 3.05) is 5.32 Å². The van der Waals surface area contributed by atoms with Crippen LogP contribution in [-0.4, -0.2) is 17.2 Å². The Morgan fingerprint density at radius 3 is 2.89 bits per heavy atom. The Hall–Kier alpha value is -1.72. The molecule has 0 spiro atoms. The van der Waals surface area contributed by atoms with E-state index in [-0.39, 0.29) is 5.91 Å². The molecule has 100 valence electrons. The van der Waals surface area contributed by atoms with Gasteiger partial charge in [0.25, 0.3) is 5.91 Å². The second-order valence-corrected chi connectivity index (χ2v) is 4.55. The number of benzene rings is 1. The van der Waals surface area contributed by atoms with Crippen LogP contribution in [0.15, 0.2) is 35.1 Å². The first-order valence-corrected chi connectivity index (χ1v) is 6.15. The lowest BCUT2D eigenvalue weighted by Crippen LogP contribution is -2.30. The summed E-state index contributed by atoms with van der Waals surface area (Å²) >= 11 is 11.8. The van der Waals surface area contributed by atoms with Gasteiger partial charge >= 0.3 is 0 Å². The number of hydrogen-bond acceptors (Lipinski definition) is 4. The van der Waals surface area contributed by atoms with Gasteiger partial charge in [-0.1, -0.05) is 28.4 Å². The van der Waals surface area contributed by atoms with Crippen molar-refractivity contribution in [2.45, 2.75) is 13.0 Å². The normalized spacial score (nSPS) is 11.9. The maximum Gasteiger partial charge on any atom is 0.266 e. The fourth-order valence-corrected chi connectivity index (χ4v) is 1.64. The van der Waals surface area contributed by atoms with Gasteiger partial charge in [0, 0.05) is 17.2 Å². The van der Waals surface area contributed by atoms with Crippen molar-refractivity contribution in [3.63, 3.8) is 0 Å². The van der Waals surface area contributed by atoms with Gasteiger partial charge in [-0.05, 0) is 19.1 Å². The summed E-state index contributed by atoms with van der Waals surface area (Å²) in [7, 11) is 0. The van der Waals surface area contributed by atoms with Crippen LogP contribution in [-0.2, 0) is 4.79 Å². The molecule has 0 aliphatic rings. The minimum absolute atomic E-state index is 0.317. The second kappa shape index (κ2) is 5.95. The van der Waals surface area contributed by atoms with E-state index in [1.54, 1.807) is 25.1 Å². The molecule has 19 heavy (non-hydrogen) atoms. The van der Waals surface area contributed by atoms with Gasteiger partial charge in [-0.15, -0.1) is 0 Å². The number of carbonyl (C=O) groups excluding carboxylic acids is 1. The van der Waals surface area contributed by atoms with Crippen molar-refractivity contribution < 1.29 is 14.1 Å². The number of ether oxygens (including phenoxy) is 1. The van der Waals surface area contributed by atoms with Crippen molar-refractivity contribution in [1.82, 2.24) is 5.16 Å². The predicted molar refractivity (Wildman–Crippen MR) is 71.7 cm³/mol. The van der Waals surface area contributed by atoms with Crippen molar-refractivity contribution >= 4 is 34.9 Å². The summed E-state index contributed by atoms with van der Waals surface area (Å²) in [6, 6.07) is 6.30. The molecule has 0 saturated heterocycles. The quantitative estimate of drug-likeness (QED) is 0.940. The zero-order chi connectivity index (χ0) is 13.8. The number of aromatic nitrogens is 1. The van der Waals surface area contributed by atoms with Crippen molar-refractivity contribution in [1.29, 1.82) is 0 Å². The first-order chi connectivity index (χ1) is 9.06. The van der Waals surface area contributed by atoms with Crippen molar-refractivity contribution in [2.24, 2.45) is 0 Å². The number of halogens is 2. The molecule has 1 aromatic carbocycles. The van der Waals surface area contributed by atoms with Gasteiger partial charge in [-0.2, -0.15) is 0 Å². The van der Waals surface area contributed by atoms with Crippen LogP contribution in [0.2, 0.25) is 10.0 Å². The first-order valence-electron chi connectivity index (χ1n) is 5.39. The van der Waals surface area contributed by atoms with Gasteiger partial charge in [0.15, 0.2) is 11.9 Å². The number of nitrogens with one attached hydrogen (secondary N) is 1. The van der Waals surface area contributed by atoms with Gasteiger partial charge in [0.1, 0.15) is 12.0 Å². The van der Waals surface area contributed by atoms with Crippen LogP contribution in [0.1, 0.15) is 6.92 Å². The summed E-state index contributed by atoms with van der Waals surface area (Å²) in [5.74, 6) is 0.291. The van der Waals surface area contributed by atoms with E-state index in [1.807, 2.05) is 0 Å². The second-order valence-electron chi connectivity index (χ2n) is 3.71. The lowest BCUT2D eigenvalue weighted by atomic mass is 10.3. The molecule has 1 unspecified atom stereocenters. The molecule has 2 aromatic rings. The number of nitrogens with zero attached hydrogens (tertiary/aromatic N) is 1. The minimum Gasteiger partial charge on any atom is -0.479 e. The van der Waals surface area contributed by atoms with Crippen molar-refractivity contribution in [3.05, 3.63) is 40.6 Å². The highest BCUT2D eigenvalue weighted by Gasteiger charge is 2.17. The Balaban J connectivity index is 2.02. The molecule has 0 fully saturated rings. The van der Waals surface area contributed by atoms with E-state index < -0.39 is 6.10 Å². The SMILES string of the molecule is CC(Oc1cc(Cl)ccc1Cl)C(=O)Nc1ccon1. The molecule has 5 nitrogen and oxygen atoms in total. The molecule has 2 rings (SSSR count).